The molecule has 0 saturated heterocycles. The molecule has 0 saturated carbocycles. The quantitative estimate of drug-likeness (QED) is 0.865. The largest absolute Gasteiger partial charge is 0.476 e. The van der Waals surface area contributed by atoms with E-state index in [1.165, 1.54) is 4.68 Å². The molecule has 0 radical (unpaired) electrons. The SMILES string of the molecule is Cn1nnc(C(=O)O)c1-c1cccc(Cl)c1. The van der Waals surface area contributed by atoms with Gasteiger partial charge in [-0.25, -0.2) is 9.48 Å². The second-order valence-electron chi connectivity index (χ2n) is 3.23. The van der Waals surface area contributed by atoms with Crippen molar-refractivity contribution in [1.29, 1.82) is 0 Å². The van der Waals surface area contributed by atoms with Gasteiger partial charge in [0.1, 0.15) is 5.69 Å². The molecule has 0 amide bonds. The van der Waals surface area contributed by atoms with Gasteiger partial charge in [0, 0.05) is 17.6 Å². The van der Waals surface area contributed by atoms with Gasteiger partial charge in [-0.1, -0.05) is 28.9 Å². The third-order valence-corrected chi connectivity index (χ3v) is 2.36. The Morgan fingerprint density at radius 1 is 1.50 bits per heavy atom. The summed E-state index contributed by atoms with van der Waals surface area (Å²) in [6.45, 7) is 0. The highest BCUT2D eigenvalue weighted by molar-refractivity contribution is 6.30. The molecule has 0 spiro atoms. The van der Waals surface area contributed by atoms with Crippen molar-refractivity contribution < 1.29 is 9.90 Å². The average Bonchev–Trinajstić information content (AvgIpc) is 2.60. The van der Waals surface area contributed by atoms with E-state index >= 15 is 0 Å². The van der Waals surface area contributed by atoms with E-state index in [0.29, 0.717) is 16.3 Å². The summed E-state index contributed by atoms with van der Waals surface area (Å²) >= 11 is 5.85. The van der Waals surface area contributed by atoms with Gasteiger partial charge in [0.25, 0.3) is 0 Å². The summed E-state index contributed by atoms with van der Waals surface area (Å²) in [6, 6.07) is 6.90. The first kappa shape index (κ1) is 10.6. The Labute approximate surface area is 96.3 Å². The fourth-order valence-electron chi connectivity index (χ4n) is 1.46. The maximum atomic E-state index is 10.9. The number of halogens is 1. The highest BCUT2D eigenvalue weighted by atomic mass is 35.5. The summed E-state index contributed by atoms with van der Waals surface area (Å²) in [7, 11) is 1.63. The lowest BCUT2D eigenvalue weighted by Crippen LogP contribution is -2.01. The molecule has 0 atom stereocenters. The molecule has 6 heteroatoms. The number of benzene rings is 1. The zero-order valence-corrected chi connectivity index (χ0v) is 9.14. The lowest BCUT2D eigenvalue weighted by Gasteiger charge is -2.02. The highest BCUT2D eigenvalue weighted by Crippen LogP contribution is 2.24. The summed E-state index contributed by atoms with van der Waals surface area (Å²) in [5.74, 6) is -1.11. The van der Waals surface area contributed by atoms with Gasteiger partial charge in [0.2, 0.25) is 0 Å². The van der Waals surface area contributed by atoms with Crippen LogP contribution in [0.1, 0.15) is 10.5 Å². The molecule has 82 valence electrons. The summed E-state index contributed by atoms with van der Waals surface area (Å²) < 4.78 is 1.41. The predicted octanol–water partition coefficient (Wildman–Crippen LogP) is 1.83. The van der Waals surface area contributed by atoms with Crippen LogP contribution in [-0.4, -0.2) is 26.1 Å². The van der Waals surface area contributed by atoms with Gasteiger partial charge in [-0.05, 0) is 12.1 Å². The molecule has 1 heterocycles. The highest BCUT2D eigenvalue weighted by Gasteiger charge is 2.18. The van der Waals surface area contributed by atoms with Gasteiger partial charge in [-0.3, -0.25) is 0 Å². The van der Waals surface area contributed by atoms with Crippen LogP contribution in [0.2, 0.25) is 5.02 Å². The monoisotopic (exact) mass is 237 g/mol. The summed E-state index contributed by atoms with van der Waals surface area (Å²) in [5, 5.41) is 16.8. The van der Waals surface area contributed by atoms with Crippen LogP contribution in [0.15, 0.2) is 24.3 Å². The number of hydrogen-bond acceptors (Lipinski definition) is 3. The van der Waals surface area contributed by atoms with Crippen molar-refractivity contribution in [3.05, 3.63) is 35.0 Å². The van der Waals surface area contributed by atoms with Crippen LogP contribution in [0.25, 0.3) is 11.3 Å². The number of carbonyl (C=O) groups is 1. The van der Waals surface area contributed by atoms with E-state index in [4.69, 9.17) is 16.7 Å². The third kappa shape index (κ3) is 1.77. The molecule has 2 aromatic rings. The molecular formula is C10H8ClN3O2. The number of rotatable bonds is 2. The minimum absolute atomic E-state index is 0.0789. The molecule has 0 bridgehead atoms. The second-order valence-corrected chi connectivity index (χ2v) is 3.66. The van der Waals surface area contributed by atoms with Crippen LogP contribution in [0.5, 0.6) is 0 Å². The second kappa shape index (κ2) is 3.94. The van der Waals surface area contributed by atoms with Crippen molar-refractivity contribution in [3.8, 4) is 11.3 Å². The lowest BCUT2D eigenvalue weighted by molar-refractivity contribution is 0.0691. The number of aromatic carboxylic acids is 1. The Balaban J connectivity index is 2.63. The van der Waals surface area contributed by atoms with Crippen molar-refractivity contribution in [2.45, 2.75) is 0 Å². The Morgan fingerprint density at radius 2 is 2.25 bits per heavy atom. The van der Waals surface area contributed by atoms with Crippen molar-refractivity contribution in [2.75, 3.05) is 0 Å². The third-order valence-electron chi connectivity index (χ3n) is 2.13. The summed E-state index contributed by atoms with van der Waals surface area (Å²) in [4.78, 5) is 10.9. The minimum Gasteiger partial charge on any atom is -0.476 e. The number of nitrogens with zero attached hydrogens (tertiary/aromatic N) is 3. The van der Waals surface area contributed by atoms with Gasteiger partial charge in [-0.2, -0.15) is 0 Å². The van der Waals surface area contributed by atoms with E-state index in [-0.39, 0.29) is 5.69 Å². The Morgan fingerprint density at radius 3 is 2.88 bits per heavy atom. The molecule has 0 aliphatic carbocycles. The van der Waals surface area contributed by atoms with Gasteiger partial charge < -0.3 is 5.11 Å². The Bertz CT molecular complexity index is 551. The van der Waals surface area contributed by atoms with Crippen molar-refractivity contribution >= 4 is 17.6 Å². The van der Waals surface area contributed by atoms with Crippen LogP contribution in [-0.2, 0) is 7.05 Å². The van der Waals surface area contributed by atoms with Gasteiger partial charge >= 0.3 is 5.97 Å². The van der Waals surface area contributed by atoms with Crippen LogP contribution in [0.4, 0.5) is 0 Å². The smallest absolute Gasteiger partial charge is 0.358 e. The van der Waals surface area contributed by atoms with Crippen LogP contribution < -0.4 is 0 Å². The van der Waals surface area contributed by atoms with Crippen LogP contribution in [0, 0.1) is 0 Å². The molecule has 1 aromatic heterocycles. The zero-order valence-electron chi connectivity index (χ0n) is 8.38. The van der Waals surface area contributed by atoms with E-state index in [1.54, 1.807) is 31.3 Å². The summed E-state index contributed by atoms with van der Waals surface area (Å²) in [6.07, 6.45) is 0. The van der Waals surface area contributed by atoms with Crippen molar-refractivity contribution in [3.63, 3.8) is 0 Å². The first-order valence-electron chi connectivity index (χ1n) is 4.48. The molecule has 1 N–H and O–H groups in total. The topological polar surface area (TPSA) is 68.0 Å². The van der Waals surface area contributed by atoms with Gasteiger partial charge in [0.05, 0.1) is 0 Å². The average molecular weight is 238 g/mol. The molecule has 0 aliphatic heterocycles. The van der Waals surface area contributed by atoms with Gasteiger partial charge in [0.15, 0.2) is 5.69 Å². The van der Waals surface area contributed by atoms with E-state index in [1.807, 2.05) is 0 Å². The van der Waals surface area contributed by atoms with Crippen LogP contribution >= 0.6 is 11.6 Å². The van der Waals surface area contributed by atoms with Crippen LogP contribution in [0.3, 0.4) is 0 Å². The molecule has 0 fully saturated rings. The number of carboxylic acids is 1. The molecule has 0 aliphatic rings. The maximum absolute atomic E-state index is 10.9. The normalized spacial score (nSPS) is 10.4. The Hall–Kier alpha value is -1.88. The molecule has 0 unspecified atom stereocenters. The van der Waals surface area contributed by atoms with E-state index in [0.717, 1.165) is 0 Å². The lowest BCUT2D eigenvalue weighted by atomic mass is 10.1. The fraction of sp³-hybridized carbons (Fsp3) is 0.100. The number of aromatic nitrogens is 3. The predicted molar refractivity (Wildman–Crippen MR) is 58.4 cm³/mol. The standard InChI is InChI=1S/C10H8ClN3O2/c1-14-9(8(10(15)16)12-13-14)6-3-2-4-7(11)5-6/h2-5H,1H3,(H,15,16). The first-order chi connectivity index (χ1) is 7.59. The number of aryl methyl sites for hydroxylation is 1. The molecular weight excluding hydrogens is 230 g/mol. The van der Waals surface area contributed by atoms with Crippen molar-refractivity contribution in [1.82, 2.24) is 15.0 Å². The van der Waals surface area contributed by atoms with Gasteiger partial charge in [-0.15, -0.1) is 5.10 Å². The minimum atomic E-state index is -1.11. The Kier molecular flexibility index (Phi) is 2.62. The number of hydrogen-bond donors (Lipinski definition) is 1. The van der Waals surface area contributed by atoms with E-state index < -0.39 is 5.97 Å². The molecule has 5 nitrogen and oxygen atoms in total. The van der Waals surface area contributed by atoms with E-state index in [9.17, 15) is 4.79 Å². The molecule has 2 rings (SSSR count). The number of carboxylic acid groups (broad SMARTS) is 1. The first-order valence-corrected chi connectivity index (χ1v) is 4.86. The van der Waals surface area contributed by atoms with Crippen molar-refractivity contribution in [2.24, 2.45) is 7.05 Å². The van der Waals surface area contributed by atoms with E-state index in [2.05, 4.69) is 10.3 Å². The summed E-state index contributed by atoms with van der Waals surface area (Å²) in [5.41, 5.74) is 1.04. The zero-order chi connectivity index (χ0) is 11.7. The fourth-order valence-corrected chi connectivity index (χ4v) is 1.65. The molecule has 1 aromatic carbocycles. The maximum Gasteiger partial charge on any atom is 0.358 e. The molecule has 16 heavy (non-hydrogen) atoms.